The molecule has 1 N–H and O–H groups in total. The molecule has 1 amide bonds. The summed E-state index contributed by atoms with van der Waals surface area (Å²) in [7, 11) is -3.13. The van der Waals surface area contributed by atoms with Crippen LogP contribution in [0.25, 0.3) is 16.7 Å². The molecule has 0 spiro atoms. The van der Waals surface area contributed by atoms with Gasteiger partial charge in [0.1, 0.15) is 17.0 Å². The molecule has 0 unspecified atom stereocenters. The molecule has 1 aliphatic rings. The van der Waals surface area contributed by atoms with Gasteiger partial charge in [0.2, 0.25) is 0 Å². The van der Waals surface area contributed by atoms with Crippen LogP contribution in [-0.4, -0.2) is 45.8 Å². The SMILES string of the molecule is Cc1ccc2nc3c(cc(C(=O)N[C@@H]4CCS(=O)(=O)C4)n3Cc3ccccc3)c(=O)n2c1. The van der Waals surface area contributed by atoms with E-state index in [9.17, 15) is 18.0 Å². The highest BCUT2D eigenvalue weighted by molar-refractivity contribution is 7.91. The van der Waals surface area contributed by atoms with E-state index in [1.54, 1.807) is 22.9 Å². The molecule has 9 heteroatoms. The molecule has 1 aromatic carbocycles. The number of amides is 1. The van der Waals surface area contributed by atoms with Crippen LogP contribution in [0.5, 0.6) is 0 Å². The van der Waals surface area contributed by atoms with Crippen LogP contribution >= 0.6 is 0 Å². The summed E-state index contributed by atoms with van der Waals surface area (Å²) in [6.45, 7) is 2.25. The van der Waals surface area contributed by atoms with Crippen molar-refractivity contribution >= 4 is 32.4 Å². The average molecular weight is 451 g/mol. The highest BCUT2D eigenvalue weighted by Crippen LogP contribution is 2.20. The summed E-state index contributed by atoms with van der Waals surface area (Å²) in [5.41, 5.74) is 2.82. The normalized spacial score (nSPS) is 17.7. The van der Waals surface area contributed by atoms with Crippen molar-refractivity contribution in [2.24, 2.45) is 0 Å². The standard InChI is InChI=1S/C23H22N4O4S/c1-15-7-8-20-25-21-18(23(29)27(20)12-15)11-19(26(21)13-16-5-3-2-4-6-16)22(28)24-17-9-10-32(30,31)14-17/h2-8,11-12,17H,9-10,13-14H2,1H3,(H,24,28)/t17-/m1/s1. The first kappa shape index (κ1) is 20.4. The summed E-state index contributed by atoms with van der Waals surface area (Å²) >= 11 is 0. The quantitative estimate of drug-likeness (QED) is 0.512. The van der Waals surface area contributed by atoms with Crippen molar-refractivity contribution < 1.29 is 13.2 Å². The van der Waals surface area contributed by atoms with Crippen LogP contribution in [-0.2, 0) is 16.4 Å². The van der Waals surface area contributed by atoms with Gasteiger partial charge in [-0.2, -0.15) is 0 Å². The lowest BCUT2D eigenvalue weighted by Crippen LogP contribution is -2.36. The molecule has 5 rings (SSSR count). The second-order valence-electron chi connectivity index (χ2n) is 8.26. The van der Waals surface area contributed by atoms with Crippen molar-refractivity contribution in [3.63, 3.8) is 0 Å². The summed E-state index contributed by atoms with van der Waals surface area (Å²) in [5.74, 6) is -0.411. The second-order valence-corrected chi connectivity index (χ2v) is 10.5. The van der Waals surface area contributed by atoms with Crippen molar-refractivity contribution in [2.45, 2.75) is 25.9 Å². The van der Waals surface area contributed by atoms with Crippen LogP contribution in [0.2, 0.25) is 0 Å². The van der Waals surface area contributed by atoms with Gasteiger partial charge in [0.15, 0.2) is 9.84 Å². The predicted molar refractivity (Wildman–Crippen MR) is 122 cm³/mol. The topological polar surface area (TPSA) is 103 Å². The number of carbonyl (C=O) groups excluding carboxylic acids is 1. The Labute approximate surface area is 184 Å². The zero-order valence-corrected chi connectivity index (χ0v) is 18.3. The number of sulfone groups is 1. The highest BCUT2D eigenvalue weighted by atomic mass is 32.2. The van der Waals surface area contributed by atoms with Gasteiger partial charge in [-0.25, -0.2) is 13.4 Å². The van der Waals surface area contributed by atoms with Gasteiger partial charge in [0.05, 0.1) is 16.9 Å². The third-order valence-electron chi connectivity index (χ3n) is 5.80. The zero-order chi connectivity index (χ0) is 22.5. The van der Waals surface area contributed by atoms with Crippen LogP contribution in [0.1, 0.15) is 28.0 Å². The number of aryl methyl sites for hydroxylation is 1. The Morgan fingerprint density at radius 2 is 1.97 bits per heavy atom. The molecular weight excluding hydrogens is 428 g/mol. The van der Waals surface area contributed by atoms with E-state index in [1.807, 2.05) is 43.3 Å². The van der Waals surface area contributed by atoms with E-state index >= 15 is 0 Å². The Morgan fingerprint density at radius 1 is 1.19 bits per heavy atom. The lowest BCUT2D eigenvalue weighted by molar-refractivity contribution is 0.0932. The molecule has 8 nitrogen and oxygen atoms in total. The Kier molecular flexibility index (Phi) is 4.85. The lowest BCUT2D eigenvalue weighted by atomic mass is 10.2. The molecule has 0 aliphatic carbocycles. The molecule has 0 saturated carbocycles. The Balaban J connectivity index is 1.65. The van der Waals surface area contributed by atoms with E-state index in [4.69, 9.17) is 0 Å². The molecule has 1 saturated heterocycles. The maximum atomic E-state index is 13.2. The smallest absolute Gasteiger partial charge is 0.268 e. The summed E-state index contributed by atoms with van der Waals surface area (Å²) in [6.07, 6.45) is 2.11. The molecule has 1 aliphatic heterocycles. The number of nitrogens with one attached hydrogen (secondary N) is 1. The fourth-order valence-electron chi connectivity index (χ4n) is 4.19. The maximum Gasteiger partial charge on any atom is 0.268 e. The minimum absolute atomic E-state index is 0.0677. The molecule has 0 radical (unpaired) electrons. The van der Waals surface area contributed by atoms with Gasteiger partial charge in [0.25, 0.3) is 11.5 Å². The first-order valence-electron chi connectivity index (χ1n) is 10.4. The van der Waals surface area contributed by atoms with E-state index < -0.39 is 21.8 Å². The van der Waals surface area contributed by atoms with Crippen LogP contribution in [0.4, 0.5) is 0 Å². The number of rotatable bonds is 4. The van der Waals surface area contributed by atoms with Crippen molar-refractivity contribution in [3.05, 3.63) is 81.9 Å². The van der Waals surface area contributed by atoms with Crippen LogP contribution < -0.4 is 10.9 Å². The van der Waals surface area contributed by atoms with E-state index in [-0.39, 0.29) is 22.8 Å². The number of carbonyl (C=O) groups is 1. The summed E-state index contributed by atoms with van der Waals surface area (Å²) in [4.78, 5) is 31.1. The molecule has 4 aromatic rings. The van der Waals surface area contributed by atoms with Gasteiger partial charge >= 0.3 is 0 Å². The van der Waals surface area contributed by atoms with Crippen molar-refractivity contribution in [2.75, 3.05) is 11.5 Å². The van der Waals surface area contributed by atoms with Crippen LogP contribution in [0.3, 0.4) is 0 Å². The first-order valence-corrected chi connectivity index (χ1v) is 12.2. The van der Waals surface area contributed by atoms with E-state index in [0.29, 0.717) is 29.6 Å². The molecule has 1 atom stereocenters. The lowest BCUT2D eigenvalue weighted by Gasteiger charge is -2.14. The molecule has 32 heavy (non-hydrogen) atoms. The summed E-state index contributed by atoms with van der Waals surface area (Å²) in [5, 5.41) is 3.17. The van der Waals surface area contributed by atoms with Crippen molar-refractivity contribution in [3.8, 4) is 0 Å². The highest BCUT2D eigenvalue weighted by Gasteiger charge is 2.30. The van der Waals surface area contributed by atoms with Crippen molar-refractivity contribution in [1.82, 2.24) is 19.3 Å². The third kappa shape index (κ3) is 3.69. The monoisotopic (exact) mass is 450 g/mol. The first-order chi connectivity index (χ1) is 15.3. The minimum atomic E-state index is -3.13. The molecular formula is C23H22N4O4S. The van der Waals surface area contributed by atoms with Gasteiger partial charge in [-0.15, -0.1) is 0 Å². The Bertz CT molecular complexity index is 1520. The van der Waals surface area contributed by atoms with Gasteiger partial charge in [-0.1, -0.05) is 36.4 Å². The van der Waals surface area contributed by atoms with Crippen LogP contribution in [0.15, 0.2) is 59.5 Å². The summed E-state index contributed by atoms with van der Waals surface area (Å²) in [6, 6.07) is 14.4. The summed E-state index contributed by atoms with van der Waals surface area (Å²) < 4.78 is 26.8. The van der Waals surface area contributed by atoms with Gasteiger partial charge in [0, 0.05) is 18.8 Å². The van der Waals surface area contributed by atoms with Crippen LogP contribution in [0, 0.1) is 6.92 Å². The van der Waals surface area contributed by atoms with E-state index in [0.717, 1.165) is 11.1 Å². The third-order valence-corrected chi connectivity index (χ3v) is 7.56. The maximum absolute atomic E-state index is 13.2. The predicted octanol–water partition coefficient (Wildman–Crippen LogP) is 1.92. The van der Waals surface area contributed by atoms with E-state index in [1.165, 1.54) is 4.40 Å². The largest absolute Gasteiger partial charge is 0.347 e. The number of fused-ring (bicyclic) bond motifs is 2. The molecule has 4 heterocycles. The molecule has 1 fully saturated rings. The van der Waals surface area contributed by atoms with Gasteiger partial charge < -0.3 is 9.88 Å². The Hall–Kier alpha value is -3.46. The number of aromatic nitrogens is 3. The molecule has 0 bridgehead atoms. The van der Waals surface area contributed by atoms with Gasteiger partial charge in [-0.05, 0) is 36.6 Å². The number of nitrogens with zero attached hydrogens (tertiary/aromatic N) is 3. The number of hydrogen-bond donors (Lipinski definition) is 1. The Morgan fingerprint density at radius 3 is 2.69 bits per heavy atom. The van der Waals surface area contributed by atoms with E-state index in [2.05, 4.69) is 10.3 Å². The second kappa shape index (κ2) is 7.59. The van der Waals surface area contributed by atoms with Gasteiger partial charge in [-0.3, -0.25) is 14.0 Å². The number of pyridine rings is 1. The minimum Gasteiger partial charge on any atom is -0.347 e. The fourth-order valence-corrected chi connectivity index (χ4v) is 5.86. The molecule has 3 aromatic heterocycles. The number of hydrogen-bond acceptors (Lipinski definition) is 5. The average Bonchev–Trinajstić information content (AvgIpc) is 3.29. The number of benzene rings is 1. The fraction of sp³-hybridized carbons (Fsp3) is 0.261. The molecule has 164 valence electrons. The van der Waals surface area contributed by atoms with Crippen molar-refractivity contribution in [1.29, 1.82) is 0 Å². The zero-order valence-electron chi connectivity index (χ0n) is 17.5.